The van der Waals surface area contributed by atoms with Crippen LogP contribution in [0, 0.1) is 5.92 Å². The summed E-state index contributed by atoms with van der Waals surface area (Å²) in [6.07, 6.45) is 3.50. The molecule has 114 valence electrons. The Labute approximate surface area is 126 Å². The molecule has 2 saturated heterocycles. The van der Waals surface area contributed by atoms with Crippen LogP contribution < -0.4 is 14.8 Å². The standard InChI is InChI=1S/C17H24N2O2/c1-18-15-10-17(6-8-19-7-5-12(17)11-19)21-16-9-13(20-2)3-4-14(15)16/h3-4,9,12,15,18H,5-8,10-11H2,1-2H3. The molecule has 0 radical (unpaired) electrons. The molecule has 3 heterocycles. The molecule has 0 aromatic heterocycles. The molecule has 0 amide bonds. The van der Waals surface area contributed by atoms with E-state index in [1.54, 1.807) is 7.11 Å². The van der Waals surface area contributed by atoms with Crippen molar-refractivity contribution in [2.75, 3.05) is 33.8 Å². The summed E-state index contributed by atoms with van der Waals surface area (Å²) < 4.78 is 12.0. The minimum Gasteiger partial charge on any atom is -0.497 e. The Kier molecular flexibility index (Phi) is 3.12. The number of benzene rings is 1. The largest absolute Gasteiger partial charge is 0.497 e. The fraction of sp³-hybridized carbons (Fsp3) is 0.647. The van der Waals surface area contributed by atoms with Crippen LogP contribution in [0.15, 0.2) is 18.2 Å². The van der Waals surface area contributed by atoms with Crippen LogP contribution in [0.1, 0.15) is 30.9 Å². The minimum absolute atomic E-state index is 0.0139. The van der Waals surface area contributed by atoms with Crippen LogP contribution in [0.3, 0.4) is 0 Å². The topological polar surface area (TPSA) is 33.7 Å². The van der Waals surface area contributed by atoms with E-state index < -0.39 is 0 Å². The zero-order valence-electron chi connectivity index (χ0n) is 12.9. The normalized spacial score (nSPS) is 37.1. The number of methoxy groups -OCH3 is 1. The first kappa shape index (κ1) is 13.4. The van der Waals surface area contributed by atoms with E-state index in [2.05, 4.69) is 29.4 Å². The number of fused-ring (bicyclic) bond motifs is 4. The van der Waals surface area contributed by atoms with Gasteiger partial charge in [-0.05, 0) is 26.1 Å². The van der Waals surface area contributed by atoms with Crippen molar-refractivity contribution < 1.29 is 9.47 Å². The number of piperidine rings is 1. The molecule has 0 aliphatic carbocycles. The predicted octanol–water partition coefficient (Wildman–Crippen LogP) is 2.20. The lowest BCUT2D eigenvalue weighted by Gasteiger charge is -2.48. The van der Waals surface area contributed by atoms with E-state index in [0.717, 1.165) is 24.3 Å². The van der Waals surface area contributed by atoms with Crippen LogP contribution in [0.25, 0.3) is 0 Å². The van der Waals surface area contributed by atoms with Crippen molar-refractivity contribution in [1.29, 1.82) is 0 Å². The third kappa shape index (κ3) is 2.04. The van der Waals surface area contributed by atoms with Crippen molar-refractivity contribution in [2.24, 2.45) is 5.92 Å². The average Bonchev–Trinajstić information content (AvgIpc) is 2.95. The Bertz CT molecular complexity index is 548. The van der Waals surface area contributed by atoms with Gasteiger partial charge in [0.2, 0.25) is 0 Å². The molecule has 4 atom stereocenters. The summed E-state index contributed by atoms with van der Waals surface area (Å²) in [4.78, 5) is 2.58. The predicted molar refractivity (Wildman–Crippen MR) is 81.9 cm³/mol. The van der Waals surface area contributed by atoms with Gasteiger partial charge in [0.15, 0.2) is 0 Å². The zero-order chi connectivity index (χ0) is 14.4. The highest BCUT2D eigenvalue weighted by molar-refractivity contribution is 5.45. The quantitative estimate of drug-likeness (QED) is 0.904. The van der Waals surface area contributed by atoms with E-state index in [1.165, 1.54) is 31.6 Å². The van der Waals surface area contributed by atoms with E-state index in [1.807, 2.05) is 6.07 Å². The summed E-state index contributed by atoms with van der Waals surface area (Å²) in [5.74, 6) is 2.56. The van der Waals surface area contributed by atoms with E-state index in [-0.39, 0.29) is 5.60 Å². The molecule has 21 heavy (non-hydrogen) atoms. The molecule has 2 bridgehead atoms. The van der Waals surface area contributed by atoms with Crippen LogP contribution in [0.2, 0.25) is 0 Å². The van der Waals surface area contributed by atoms with Gasteiger partial charge in [0.25, 0.3) is 0 Å². The molecule has 1 N–H and O–H groups in total. The molecule has 0 saturated carbocycles. The number of rotatable bonds is 2. The molecule has 4 rings (SSSR count). The van der Waals surface area contributed by atoms with Gasteiger partial charge < -0.3 is 19.7 Å². The van der Waals surface area contributed by atoms with Crippen LogP contribution in [0.4, 0.5) is 0 Å². The lowest BCUT2D eigenvalue weighted by Crippen LogP contribution is -2.54. The van der Waals surface area contributed by atoms with Gasteiger partial charge in [-0.2, -0.15) is 0 Å². The minimum atomic E-state index is 0.0139. The fourth-order valence-corrected chi connectivity index (χ4v) is 4.41. The third-order valence-corrected chi connectivity index (χ3v) is 5.68. The molecule has 4 nitrogen and oxygen atoms in total. The maximum absolute atomic E-state index is 6.62. The molecule has 3 aliphatic rings. The third-order valence-electron chi connectivity index (χ3n) is 5.68. The zero-order valence-corrected chi connectivity index (χ0v) is 12.9. The lowest BCUT2D eigenvalue weighted by molar-refractivity contribution is -0.0469. The molecule has 3 aliphatic heterocycles. The van der Waals surface area contributed by atoms with Crippen LogP contribution in [-0.2, 0) is 0 Å². The number of nitrogens with zero attached hydrogens (tertiary/aromatic N) is 1. The van der Waals surface area contributed by atoms with Crippen molar-refractivity contribution in [3.63, 3.8) is 0 Å². The SMILES string of the molecule is CNC1CC2(CCN3CCC2C3)Oc2cc(OC)ccc21. The number of ether oxygens (including phenoxy) is 2. The Morgan fingerprint density at radius 1 is 1.38 bits per heavy atom. The molecule has 4 unspecified atom stereocenters. The van der Waals surface area contributed by atoms with Crippen molar-refractivity contribution in [3.05, 3.63) is 23.8 Å². The van der Waals surface area contributed by atoms with Crippen molar-refractivity contribution >= 4 is 0 Å². The van der Waals surface area contributed by atoms with Crippen LogP contribution in [-0.4, -0.2) is 44.3 Å². The Hall–Kier alpha value is -1.26. The van der Waals surface area contributed by atoms with Crippen molar-refractivity contribution in [3.8, 4) is 11.5 Å². The molecule has 1 aromatic rings. The van der Waals surface area contributed by atoms with E-state index >= 15 is 0 Å². The second-order valence-corrected chi connectivity index (χ2v) is 6.65. The Morgan fingerprint density at radius 2 is 2.29 bits per heavy atom. The first-order valence-electron chi connectivity index (χ1n) is 8.01. The maximum Gasteiger partial charge on any atom is 0.128 e. The summed E-state index contributed by atoms with van der Waals surface area (Å²) in [6.45, 7) is 3.62. The second-order valence-electron chi connectivity index (χ2n) is 6.65. The summed E-state index contributed by atoms with van der Waals surface area (Å²) in [5, 5.41) is 3.49. The second kappa shape index (κ2) is 4.89. The van der Waals surface area contributed by atoms with E-state index in [9.17, 15) is 0 Å². The smallest absolute Gasteiger partial charge is 0.128 e. The monoisotopic (exact) mass is 288 g/mol. The average molecular weight is 288 g/mol. The van der Waals surface area contributed by atoms with Gasteiger partial charge in [-0.25, -0.2) is 0 Å². The number of nitrogens with one attached hydrogen (secondary N) is 1. The first-order valence-corrected chi connectivity index (χ1v) is 8.01. The Balaban J connectivity index is 1.73. The van der Waals surface area contributed by atoms with Gasteiger partial charge in [0, 0.05) is 49.5 Å². The van der Waals surface area contributed by atoms with Gasteiger partial charge >= 0.3 is 0 Å². The van der Waals surface area contributed by atoms with Gasteiger partial charge in [-0.15, -0.1) is 0 Å². The molecule has 1 spiro atoms. The van der Waals surface area contributed by atoms with Crippen LogP contribution in [0.5, 0.6) is 11.5 Å². The Morgan fingerprint density at radius 3 is 3.10 bits per heavy atom. The van der Waals surface area contributed by atoms with Gasteiger partial charge in [0.1, 0.15) is 17.1 Å². The summed E-state index contributed by atoms with van der Waals surface area (Å²) in [6, 6.07) is 6.61. The highest BCUT2D eigenvalue weighted by Gasteiger charge is 2.51. The molecule has 2 fully saturated rings. The number of hydrogen-bond acceptors (Lipinski definition) is 4. The van der Waals surface area contributed by atoms with E-state index in [0.29, 0.717) is 12.0 Å². The molecule has 4 heteroatoms. The van der Waals surface area contributed by atoms with Crippen molar-refractivity contribution in [1.82, 2.24) is 10.2 Å². The van der Waals surface area contributed by atoms with Crippen molar-refractivity contribution in [2.45, 2.75) is 30.9 Å². The highest BCUT2D eigenvalue weighted by atomic mass is 16.5. The fourth-order valence-electron chi connectivity index (χ4n) is 4.41. The maximum atomic E-state index is 6.62. The van der Waals surface area contributed by atoms with Crippen LogP contribution >= 0.6 is 0 Å². The molecule has 1 aromatic carbocycles. The first-order chi connectivity index (χ1) is 10.2. The lowest BCUT2D eigenvalue weighted by atomic mass is 9.74. The summed E-state index contributed by atoms with van der Waals surface area (Å²) in [5.41, 5.74) is 1.28. The van der Waals surface area contributed by atoms with Gasteiger partial charge in [0.05, 0.1) is 7.11 Å². The summed E-state index contributed by atoms with van der Waals surface area (Å²) in [7, 11) is 3.77. The molecular weight excluding hydrogens is 264 g/mol. The molecular formula is C17H24N2O2. The summed E-state index contributed by atoms with van der Waals surface area (Å²) >= 11 is 0. The number of hydrogen-bond donors (Lipinski definition) is 1. The highest BCUT2D eigenvalue weighted by Crippen LogP contribution is 2.49. The van der Waals surface area contributed by atoms with Gasteiger partial charge in [-0.1, -0.05) is 6.07 Å². The van der Waals surface area contributed by atoms with E-state index in [4.69, 9.17) is 9.47 Å². The van der Waals surface area contributed by atoms with Gasteiger partial charge in [-0.3, -0.25) is 0 Å².